The molecule has 1 aromatic carbocycles. The lowest BCUT2D eigenvalue weighted by molar-refractivity contribution is -0.384. The van der Waals surface area contributed by atoms with Crippen LogP contribution < -0.4 is 10.2 Å². The van der Waals surface area contributed by atoms with Gasteiger partial charge in [-0.15, -0.1) is 11.3 Å². The number of rotatable bonds is 4. The van der Waals surface area contributed by atoms with Gasteiger partial charge < -0.3 is 15.0 Å². The summed E-state index contributed by atoms with van der Waals surface area (Å²) in [6.07, 6.45) is 0. The van der Waals surface area contributed by atoms with Gasteiger partial charge in [0.2, 0.25) is 0 Å². The third-order valence-electron chi connectivity index (χ3n) is 4.51. The number of carbonyl (C=O) groups is 1. The molecule has 1 fully saturated rings. The number of aryl methyl sites for hydroxylation is 1. The van der Waals surface area contributed by atoms with Gasteiger partial charge in [0.05, 0.1) is 23.7 Å². The van der Waals surface area contributed by atoms with Gasteiger partial charge >= 0.3 is 0 Å². The Morgan fingerprint density at radius 1 is 1.37 bits per heavy atom. The molecule has 0 bridgehead atoms. The molecule has 1 saturated heterocycles. The van der Waals surface area contributed by atoms with Crippen LogP contribution in [0.15, 0.2) is 18.2 Å². The second kappa shape index (κ2) is 7.73. The van der Waals surface area contributed by atoms with Crippen molar-refractivity contribution in [3.8, 4) is 6.07 Å². The van der Waals surface area contributed by atoms with Gasteiger partial charge in [-0.05, 0) is 31.5 Å². The Bertz CT molecular complexity index is 942. The number of carbonyl (C=O) groups excluding carboxylic acids is 1. The fourth-order valence-electron chi connectivity index (χ4n) is 2.91. The zero-order chi connectivity index (χ0) is 19.6. The topological polar surface area (TPSA) is 108 Å². The van der Waals surface area contributed by atoms with Crippen LogP contribution in [0.4, 0.5) is 16.4 Å². The first-order valence-corrected chi connectivity index (χ1v) is 9.16. The Balaban J connectivity index is 1.89. The summed E-state index contributed by atoms with van der Waals surface area (Å²) in [6, 6.07) is 6.52. The summed E-state index contributed by atoms with van der Waals surface area (Å²) in [6.45, 7) is 5.83. The standard InChI is InChI=1S/C18H18N4O4S/c1-11-12(2)27-18(14(11)10-19)20-17(23)13-3-4-15(16(9-13)22(24)25)21-5-7-26-8-6-21/h3-4,9H,5-8H2,1-2H3,(H,20,23). The Labute approximate surface area is 160 Å². The predicted molar refractivity (Wildman–Crippen MR) is 103 cm³/mol. The fourth-order valence-corrected chi connectivity index (χ4v) is 3.91. The van der Waals surface area contributed by atoms with Crippen molar-refractivity contribution in [3.05, 3.63) is 49.9 Å². The Hall–Kier alpha value is -2.96. The first-order valence-electron chi connectivity index (χ1n) is 8.35. The van der Waals surface area contributed by atoms with E-state index in [9.17, 15) is 20.2 Å². The van der Waals surface area contributed by atoms with Gasteiger partial charge in [-0.1, -0.05) is 0 Å². The number of amides is 1. The van der Waals surface area contributed by atoms with Gasteiger partial charge in [0.1, 0.15) is 16.8 Å². The van der Waals surface area contributed by atoms with E-state index < -0.39 is 10.8 Å². The zero-order valence-corrected chi connectivity index (χ0v) is 15.8. The summed E-state index contributed by atoms with van der Waals surface area (Å²) in [5.41, 5.74) is 1.77. The largest absolute Gasteiger partial charge is 0.378 e. The van der Waals surface area contributed by atoms with Crippen molar-refractivity contribution in [2.75, 3.05) is 36.5 Å². The average molecular weight is 386 g/mol. The second-order valence-corrected chi connectivity index (χ2v) is 7.34. The van der Waals surface area contributed by atoms with Gasteiger partial charge in [0.15, 0.2) is 0 Å². The van der Waals surface area contributed by atoms with Crippen molar-refractivity contribution in [2.45, 2.75) is 13.8 Å². The number of nitro groups is 1. The molecule has 0 atom stereocenters. The van der Waals surface area contributed by atoms with Gasteiger partial charge in [-0.3, -0.25) is 14.9 Å². The number of benzene rings is 1. The monoisotopic (exact) mass is 386 g/mol. The summed E-state index contributed by atoms with van der Waals surface area (Å²) < 4.78 is 5.28. The van der Waals surface area contributed by atoms with Crippen molar-refractivity contribution in [2.24, 2.45) is 0 Å². The van der Waals surface area contributed by atoms with Crippen LogP contribution in [0.25, 0.3) is 0 Å². The van der Waals surface area contributed by atoms with E-state index in [1.54, 1.807) is 12.1 Å². The number of hydrogen-bond donors (Lipinski definition) is 1. The van der Waals surface area contributed by atoms with Gasteiger partial charge in [-0.2, -0.15) is 5.26 Å². The minimum Gasteiger partial charge on any atom is -0.378 e. The van der Waals surface area contributed by atoms with Crippen molar-refractivity contribution >= 4 is 33.6 Å². The summed E-state index contributed by atoms with van der Waals surface area (Å²) >= 11 is 1.31. The maximum atomic E-state index is 12.6. The van der Waals surface area contributed by atoms with E-state index in [2.05, 4.69) is 11.4 Å². The maximum Gasteiger partial charge on any atom is 0.293 e. The van der Waals surface area contributed by atoms with Crippen molar-refractivity contribution in [3.63, 3.8) is 0 Å². The third kappa shape index (κ3) is 3.77. The minimum atomic E-state index is -0.484. The molecule has 1 N–H and O–H groups in total. The molecular formula is C18H18N4O4S. The Morgan fingerprint density at radius 2 is 2.07 bits per heavy atom. The predicted octanol–water partition coefficient (Wildman–Crippen LogP) is 3.23. The molecule has 9 heteroatoms. The fraction of sp³-hybridized carbons (Fsp3) is 0.333. The lowest BCUT2D eigenvalue weighted by Crippen LogP contribution is -2.36. The highest BCUT2D eigenvalue weighted by atomic mass is 32.1. The maximum absolute atomic E-state index is 12.6. The van der Waals surface area contributed by atoms with E-state index >= 15 is 0 Å². The molecule has 1 aliphatic rings. The molecule has 0 radical (unpaired) electrons. The van der Waals surface area contributed by atoms with Gasteiger partial charge in [0, 0.05) is 29.6 Å². The van der Waals surface area contributed by atoms with Crippen molar-refractivity contribution in [1.29, 1.82) is 5.26 Å². The van der Waals surface area contributed by atoms with Crippen LogP contribution in [0, 0.1) is 35.3 Å². The number of nitriles is 1. The van der Waals surface area contributed by atoms with Crippen molar-refractivity contribution in [1.82, 2.24) is 0 Å². The van der Waals surface area contributed by atoms with Crippen LogP contribution in [0.1, 0.15) is 26.4 Å². The van der Waals surface area contributed by atoms with Gasteiger partial charge in [0.25, 0.3) is 11.6 Å². The normalized spacial score (nSPS) is 13.9. The molecule has 1 aliphatic heterocycles. The van der Waals surface area contributed by atoms with E-state index in [0.29, 0.717) is 42.6 Å². The molecule has 0 unspecified atom stereocenters. The molecule has 27 heavy (non-hydrogen) atoms. The summed E-state index contributed by atoms with van der Waals surface area (Å²) in [5, 5.41) is 24.0. The first kappa shape index (κ1) is 18.8. The molecule has 140 valence electrons. The van der Waals surface area contributed by atoms with E-state index in [0.717, 1.165) is 10.4 Å². The van der Waals surface area contributed by atoms with Crippen LogP contribution >= 0.6 is 11.3 Å². The van der Waals surface area contributed by atoms with Crippen LogP contribution in [0.3, 0.4) is 0 Å². The van der Waals surface area contributed by atoms with Crippen LogP contribution in [-0.2, 0) is 4.74 Å². The molecule has 2 aromatic rings. The highest BCUT2D eigenvalue weighted by Gasteiger charge is 2.24. The average Bonchev–Trinajstić information content (AvgIpc) is 2.94. The first-order chi connectivity index (χ1) is 12.9. The molecule has 1 aromatic heterocycles. The molecule has 0 aliphatic carbocycles. The molecule has 8 nitrogen and oxygen atoms in total. The quantitative estimate of drug-likeness (QED) is 0.638. The number of anilines is 2. The summed E-state index contributed by atoms with van der Waals surface area (Å²) in [4.78, 5) is 26.4. The number of thiophene rings is 1. The van der Waals surface area contributed by atoms with Crippen molar-refractivity contribution < 1.29 is 14.5 Å². The summed E-state index contributed by atoms with van der Waals surface area (Å²) in [7, 11) is 0. The summed E-state index contributed by atoms with van der Waals surface area (Å²) in [5.74, 6) is -0.482. The number of nitrogens with one attached hydrogen (secondary N) is 1. The smallest absolute Gasteiger partial charge is 0.293 e. The van der Waals surface area contributed by atoms with Crippen LogP contribution in [0.2, 0.25) is 0 Å². The molecule has 0 spiro atoms. The minimum absolute atomic E-state index is 0.122. The Morgan fingerprint density at radius 3 is 2.70 bits per heavy atom. The van der Waals surface area contributed by atoms with E-state index in [4.69, 9.17) is 4.74 Å². The zero-order valence-electron chi connectivity index (χ0n) is 14.9. The molecular weight excluding hydrogens is 368 g/mol. The van der Waals surface area contributed by atoms with E-state index in [-0.39, 0.29) is 11.3 Å². The van der Waals surface area contributed by atoms with Gasteiger partial charge in [-0.25, -0.2) is 0 Å². The number of nitrogens with zero attached hydrogens (tertiary/aromatic N) is 3. The molecule has 2 heterocycles. The third-order valence-corrected chi connectivity index (χ3v) is 5.63. The number of nitro benzene ring substituents is 1. The number of morpholine rings is 1. The number of hydrogen-bond acceptors (Lipinski definition) is 7. The lowest BCUT2D eigenvalue weighted by atomic mass is 10.1. The highest BCUT2D eigenvalue weighted by molar-refractivity contribution is 7.16. The molecule has 0 saturated carbocycles. The molecule has 1 amide bonds. The number of ether oxygens (including phenoxy) is 1. The SMILES string of the molecule is Cc1sc(NC(=O)c2ccc(N3CCOCC3)c([N+](=O)[O-])c2)c(C#N)c1C. The van der Waals surface area contributed by atoms with E-state index in [1.165, 1.54) is 17.4 Å². The van der Waals surface area contributed by atoms with Crippen LogP contribution in [0.5, 0.6) is 0 Å². The Kier molecular flexibility index (Phi) is 5.39. The second-order valence-electron chi connectivity index (χ2n) is 6.11. The molecule has 3 rings (SSSR count). The van der Waals surface area contributed by atoms with E-state index in [1.807, 2.05) is 18.7 Å². The van der Waals surface area contributed by atoms with Crippen LogP contribution in [-0.4, -0.2) is 37.1 Å². The lowest BCUT2D eigenvalue weighted by Gasteiger charge is -2.28. The highest BCUT2D eigenvalue weighted by Crippen LogP contribution is 2.33.